The Bertz CT molecular complexity index is 1210. The summed E-state index contributed by atoms with van der Waals surface area (Å²) in [5.74, 6) is 1.30. The van der Waals surface area contributed by atoms with Gasteiger partial charge in [0, 0.05) is 43.0 Å². The number of carbonyl (C=O) groups is 2. The first-order valence-corrected chi connectivity index (χ1v) is 13.0. The topological polar surface area (TPSA) is 71.1 Å². The van der Waals surface area contributed by atoms with E-state index in [4.69, 9.17) is 21.1 Å². The molecular weight excluding hydrogens is 490 g/mol. The Morgan fingerprint density at radius 1 is 0.838 bits per heavy atom. The van der Waals surface area contributed by atoms with Crippen LogP contribution in [-0.4, -0.2) is 56.1 Å². The number of carbonyl (C=O) groups excluding carboxylic acids is 2. The lowest BCUT2D eigenvalue weighted by Gasteiger charge is -2.36. The van der Waals surface area contributed by atoms with E-state index in [-0.39, 0.29) is 11.8 Å². The largest absolute Gasteiger partial charge is 0.494 e. The second kappa shape index (κ2) is 12.5. The average molecular weight is 522 g/mol. The van der Waals surface area contributed by atoms with Gasteiger partial charge in [-0.1, -0.05) is 18.5 Å². The molecule has 1 N–H and O–H groups in total. The van der Waals surface area contributed by atoms with Crippen LogP contribution < -0.4 is 19.7 Å². The van der Waals surface area contributed by atoms with Gasteiger partial charge in [0.05, 0.1) is 23.9 Å². The molecule has 0 bridgehead atoms. The molecule has 37 heavy (non-hydrogen) atoms. The number of hydrogen-bond acceptors (Lipinski definition) is 5. The van der Waals surface area contributed by atoms with Crippen LogP contribution in [0.5, 0.6) is 11.5 Å². The summed E-state index contributed by atoms with van der Waals surface area (Å²) in [6.45, 7) is 7.74. The molecule has 8 heteroatoms. The van der Waals surface area contributed by atoms with Crippen LogP contribution in [0, 0.1) is 0 Å². The SMILES string of the molecule is CCCOc1ccc(C(=O)N2CCN(c3ccc(NC(=O)c4ccc(OCC)cc4)cc3Cl)CC2)cc1. The standard InChI is InChI=1S/C29H32ClN3O4/c1-3-19-37-25-12-7-22(8-13-25)29(35)33-17-15-32(16-18-33)27-14-9-23(20-26(27)30)31-28(34)21-5-10-24(11-6-21)36-4-2/h5-14,20H,3-4,15-19H2,1-2H3,(H,31,34). The molecule has 1 aliphatic heterocycles. The average Bonchev–Trinajstić information content (AvgIpc) is 2.92. The van der Waals surface area contributed by atoms with E-state index < -0.39 is 0 Å². The fraction of sp³-hybridized carbons (Fsp3) is 0.310. The van der Waals surface area contributed by atoms with Gasteiger partial charge in [0.25, 0.3) is 11.8 Å². The lowest BCUT2D eigenvalue weighted by Crippen LogP contribution is -2.48. The van der Waals surface area contributed by atoms with Crippen LogP contribution in [0.2, 0.25) is 5.02 Å². The second-order valence-electron chi connectivity index (χ2n) is 8.73. The number of amides is 2. The minimum Gasteiger partial charge on any atom is -0.494 e. The molecule has 1 heterocycles. The summed E-state index contributed by atoms with van der Waals surface area (Å²) in [6.07, 6.45) is 0.941. The smallest absolute Gasteiger partial charge is 0.255 e. The Labute approximate surface area is 222 Å². The molecule has 0 aliphatic carbocycles. The molecule has 1 saturated heterocycles. The summed E-state index contributed by atoms with van der Waals surface area (Å²) in [6, 6.07) is 19.8. The zero-order valence-electron chi connectivity index (χ0n) is 21.2. The van der Waals surface area contributed by atoms with E-state index in [0.29, 0.717) is 61.2 Å². The van der Waals surface area contributed by atoms with E-state index in [1.807, 2.05) is 48.2 Å². The van der Waals surface area contributed by atoms with Crippen LogP contribution in [0.15, 0.2) is 66.7 Å². The molecule has 0 aromatic heterocycles. The lowest BCUT2D eigenvalue weighted by molar-refractivity contribution is 0.0746. The molecule has 3 aromatic rings. The van der Waals surface area contributed by atoms with Crippen molar-refractivity contribution >= 4 is 34.8 Å². The third-order valence-corrected chi connectivity index (χ3v) is 6.42. The normalized spacial score (nSPS) is 13.3. The van der Waals surface area contributed by atoms with Gasteiger partial charge in [-0.15, -0.1) is 0 Å². The summed E-state index contributed by atoms with van der Waals surface area (Å²) < 4.78 is 11.0. The van der Waals surface area contributed by atoms with Gasteiger partial charge in [0.15, 0.2) is 0 Å². The number of nitrogens with one attached hydrogen (secondary N) is 1. The van der Waals surface area contributed by atoms with Gasteiger partial charge in [-0.25, -0.2) is 0 Å². The van der Waals surface area contributed by atoms with Crippen molar-refractivity contribution in [2.24, 2.45) is 0 Å². The molecule has 0 saturated carbocycles. The van der Waals surface area contributed by atoms with Gasteiger partial charge in [0.1, 0.15) is 11.5 Å². The van der Waals surface area contributed by atoms with E-state index >= 15 is 0 Å². The summed E-state index contributed by atoms with van der Waals surface area (Å²) >= 11 is 6.59. The highest BCUT2D eigenvalue weighted by Gasteiger charge is 2.23. The molecule has 0 radical (unpaired) electrons. The van der Waals surface area contributed by atoms with E-state index in [2.05, 4.69) is 17.1 Å². The summed E-state index contributed by atoms with van der Waals surface area (Å²) in [4.78, 5) is 29.6. The minimum atomic E-state index is -0.219. The van der Waals surface area contributed by atoms with E-state index in [9.17, 15) is 9.59 Å². The van der Waals surface area contributed by atoms with Crippen molar-refractivity contribution in [1.82, 2.24) is 4.90 Å². The third kappa shape index (κ3) is 6.74. The maximum atomic E-state index is 12.9. The van der Waals surface area contributed by atoms with Crippen molar-refractivity contribution in [3.63, 3.8) is 0 Å². The van der Waals surface area contributed by atoms with Crippen molar-refractivity contribution in [2.75, 3.05) is 49.6 Å². The summed E-state index contributed by atoms with van der Waals surface area (Å²) in [7, 11) is 0. The van der Waals surface area contributed by atoms with Gasteiger partial charge in [0.2, 0.25) is 0 Å². The van der Waals surface area contributed by atoms with Gasteiger partial charge >= 0.3 is 0 Å². The Morgan fingerprint density at radius 2 is 1.46 bits per heavy atom. The number of rotatable bonds is 9. The molecule has 1 fully saturated rings. The van der Waals surface area contributed by atoms with Crippen molar-refractivity contribution < 1.29 is 19.1 Å². The second-order valence-corrected chi connectivity index (χ2v) is 9.14. The Morgan fingerprint density at radius 3 is 2.05 bits per heavy atom. The Balaban J connectivity index is 1.32. The maximum absolute atomic E-state index is 12.9. The number of benzene rings is 3. The summed E-state index contributed by atoms with van der Waals surface area (Å²) in [5.41, 5.74) is 2.69. The zero-order valence-corrected chi connectivity index (χ0v) is 22.0. The quantitative estimate of drug-likeness (QED) is 0.388. The monoisotopic (exact) mass is 521 g/mol. The molecule has 1 aliphatic rings. The van der Waals surface area contributed by atoms with Gasteiger partial charge in [-0.3, -0.25) is 9.59 Å². The molecule has 7 nitrogen and oxygen atoms in total. The maximum Gasteiger partial charge on any atom is 0.255 e. The number of hydrogen-bond donors (Lipinski definition) is 1. The van der Waals surface area contributed by atoms with Crippen molar-refractivity contribution in [3.8, 4) is 11.5 Å². The highest BCUT2D eigenvalue weighted by atomic mass is 35.5. The molecule has 3 aromatic carbocycles. The van der Waals surface area contributed by atoms with Crippen LogP contribution in [0.4, 0.5) is 11.4 Å². The van der Waals surface area contributed by atoms with E-state index in [1.54, 1.807) is 30.3 Å². The van der Waals surface area contributed by atoms with Crippen molar-refractivity contribution in [1.29, 1.82) is 0 Å². The minimum absolute atomic E-state index is 0.0140. The first-order chi connectivity index (χ1) is 18.0. The molecule has 0 spiro atoms. The highest BCUT2D eigenvalue weighted by molar-refractivity contribution is 6.33. The molecular formula is C29H32ClN3O4. The number of anilines is 2. The van der Waals surface area contributed by atoms with Gasteiger partial charge in [-0.2, -0.15) is 0 Å². The van der Waals surface area contributed by atoms with Crippen LogP contribution in [0.3, 0.4) is 0 Å². The molecule has 2 amide bonds. The predicted molar refractivity (Wildman–Crippen MR) is 147 cm³/mol. The highest BCUT2D eigenvalue weighted by Crippen LogP contribution is 2.30. The number of nitrogens with zero attached hydrogens (tertiary/aromatic N) is 2. The number of ether oxygens (including phenoxy) is 2. The molecule has 0 atom stereocenters. The van der Waals surface area contributed by atoms with E-state index in [0.717, 1.165) is 23.6 Å². The van der Waals surface area contributed by atoms with Crippen LogP contribution in [-0.2, 0) is 0 Å². The van der Waals surface area contributed by atoms with E-state index in [1.165, 1.54) is 0 Å². The number of piperazine rings is 1. The Hall–Kier alpha value is -3.71. The van der Waals surface area contributed by atoms with Gasteiger partial charge in [-0.05, 0) is 80.1 Å². The third-order valence-electron chi connectivity index (χ3n) is 6.11. The van der Waals surface area contributed by atoms with Crippen LogP contribution in [0.1, 0.15) is 41.0 Å². The Kier molecular flexibility index (Phi) is 8.90. The zero-order chi connectivity index (χ0) is 26.2. The first kappa shape index (κ1) is 26.4. The summed E-state index contributed by atoms with van der Waals surface area (Å²) in [5, 5.41) is 3.44. The molecule has 194 valence electrons. The molecule has 0 unspecified atom stereocenters. The van der Waals surface area contributed by atoms with Gasteiger partial charge < -0.3 is 24.6 Å². The first-order valence-electron chi connectivity index (χ1n) is 12.6. The molecule has 4 rings (SSSR count). The van der Waals surface area contributed by atoms with Crippen molar-refractivity contribution in [3.05, 3.63) is 82.9 Å². The van der Waals surface area contributed by atoms with Crippen LogP contribution in [0.25, 0.3) is 0 Å². The number of halogens is 1. The fourth-order valence-electron chi connectivity index (χ4n) is 4.16. The lowest BCUT2D eigenvalue weighted by atomic mass is 10.1. The van der Waals surface area contributed by atoms with Crippen LogP contribution >= 0.6 is 11.6 Å². The van der Waals surface area contributed by atoms with Crippen molar-refractivity contribution in [2.45, 2.75) is 20.3 Å². The fourth-order valence-corrected chi connectivity index (χ4v) is 4.46. The predicted octanol–water partition coefficient (Wildman–Crippen LogP) is 5.74.